The molecule has 0 spiro atoms. The van der Waals surface area contributed by atoms with Crippen LogP contribution in [0.1, 0.15) is 32.3 Å². The fraction of sp³-hybridized carbons (Fsp3) is 0.375. The van der Waals surface area contributed by atoms with E-state index in [4.69, 9.17) is 0 Å². The molecule has 0 aliphatic rings. The second kappa shape index (κ2) is 6.98. The van der Waals surface area contributed by atoms with Crippen LogP contribution in [0.15, 0.2) is 30.5 Å². The van der Waals surface area contributed by atoms with Gasteiger partial charge in [-0.2, -0.15) is 0 Å². The Bertz CT molecular complexity index is 552. The summed E-state index contributed by atoms with van der Waals surface area (Å²) in [5.74, 6) is 0.0798. The predicted molar refractivity (Wildman–Crippen MR) is 80.2 cm³/mol. The molecule has 0 radical (unpaired) electrons. The average Bonchev–Trinajstić information content (AvgIpc) is 2.48. The molecular weight excluding hydrogens is 253 g/mol. The van der Waals surface area contributed by atoms with E-state index in [-0.39, 0.29) is 0 Å². The second-order valence-electron chi connectivity index (χ2n) is 4.76. The maximum absolute atomic E-state index is 13.9. The fourth-order valence-corrected chi connectivity index (χ4v) is 2.01. The molecular formula is C16H20FN3. The first-order valence-corrected chi connectivity index (χ1v) is 7.10. The molecule has 1 heterocycles. The van der Waals surface area contributed by atoms with Gasteiger partial charge in [-0.1, -0.05) is 44.5 Å². The number of hydrogen-bond donors (Lipinski definition) is 1. The third kappa shape index (κ3) is 3.53. The van der Waals surface area contributed by atoms with Gasteiger partial charge in [0.05, 0.1) is 6.20 Å². The van der Waals surface area contributed by atoms with Crippen LogP contribution in [0.25, 0.3) is 11.3 Å². The van der Waals surface area contributed by atoms with Gasteiger partial charge in [0.1, 0.15) is 5.69 Å². The average molecular weight is 273 g/mol. The number of nitrogens with zero attached hydrogens (tertiary/aromatic N) is 2. The molecule has 0 fully saturated rings. The first-order chi connectivity index (χ1) is 9.74. The lowest BCUT2D eigenvalue weighted by Gasteiger charge is -2.07. The minimum atomic E-state index is -0.393. The summed E-state index contributed by atoms with van der Waals surface area (Å²) >= 11 is 0. The fourth-order valence-electron chi connectivity index (χ4n) is 2.01. The van der Waals surface area contributed by atoms with Crippen molar-refractivity contribution in [2.75, 3.05) is 11.9 Å². The van der Waals surface area contributed by atoms with Crippen molar-refractivity contribution in [1.82, 2.24) is 9.97 Å². The van der Waals surface area contributed by atoms with Gasteiger partial charge in [0.15, 0.2) is 5.82 Å². The Morgan fingerprint density at radius 3 is 2.50 bits per heavy atom. The number of aryl methyl sites for hydroxylation is 1. The lowest BCUT2D eigenvalue weighted by molar-refractivity contribution is 0.618. The van der Waals surface area contributed by atoms with Crippen molar-refractivity contribution < 1.29 is 4.39 Å². The van der Waals surface area contributed by atoms with E-state index in [2.05, 4.69) is 29.1 Å². The largest absolute Gasteiger partial charge is 0.354 e. The Balaban J connectivity index is 2.26. The van der Waals surface area contributed by atoms with Crippen LogP contribution in [0, 0.1) is 5.82 Å². The molecule has 106 valence electrons. The van der Waals surface area contributed by atoms with E-state index in [1.165, 1.54) is 11.8 Å². The van der Waals surface area contributed by atoms with E-state index in [9.17, 15) is 4.39 Å². The standard InChI is InChI=1S/C16H20FN3/c1-3-5-12-6-8-13(9-7-12)15-14(17)11-19-16(20-15)18-10-4-2/h6-9,11H,3-5,10H2,1-2H3,(H,18,19,20). The zero-order chi connectivity index (χ0) is 14.4. The van der Waals surface area contributed by atoms with Crippen LogP contribution in [-0.4, -0.2) is 16.5 Å². The topological polar surface area (TPSA) is 37.8 Å². The van der Waals surface area contributed by atoms with Crippen LogP contribution in [-0.2, 0) is 6.42 Å². The SMILES string of the molecule is CCCNc1ncc(F)c(-c2ccc(CCC)cc2)n1. The summed E-state index contributed by atoms with van der Waals surface area (Å²) in [5, 5.41) is 3.07. The normalized spacial score (nSPS) is 10.6. The molecule has 0 saturated carbocycles. The van der Waals surface area contributed by atoms with Crippen molar-refractivity contribution in [3.63, 3.8) is 0 Å². The third-order valence-corrected chi connectivity index (χ3v) is 3.04. The Labute approximate surface area is 119 Å². The Kier molecular flexibility index (Phi) is 5.04. The summed E-state index contributed by atoms with van der Waals surface area (Å²) in [6, 6.07) is 7.89. The molecule has 0 amide bonds. The molecule has 0 unspecified atom stereocenters. The third-order valence-electron chi connectivity index (χ3n) is 3.04. The van der Waals surface area contributed by atoms with E-state index in [1.807, 2.05) is 24.3 Å². The van der Waals surface area contributed by atoms with E-state index in [0.29, 0.717) is 11.6 Å². The molecule has 2 rings (SSSR count). The van der Waals surface area contributed by atoms with Gasteiger partial charge in [-0.05, 0) is 18.4 Å². The molecule has 1 aromatic carbocycles. The van der Waals surface area contributed by atoms with Gasteiger partial charge in [0.2, 0.25) is 5.95 Å². The molecule has 4 heteroatoms. The summed E-state index contributed by atoms with van der Waals surface area (Å²) in [7, 11) is 0. The molecule has 20 heavy (non-hydrogen) atoms. The highest BCUT2D eigenvalue weighted by molar-refractivity contribution is 5.61. The number of rotatable bonds is 6. The first kappa shape index (κ1) is 14.4. The monoisotopic (exact) mass is 273 g/mol. The van der Waals surface area contributed by atoms with Crippen molar-refractivity contribution in [2.24, 2.45) is 0 Å². The zero-order valence-electron chi connectivity index (χ0n) is 12.0. The molecule has 0 bridgehead atoms. The van der Waals surface area contributed by atoms with Crippen LogP contribution >= 0.6 is 0 Å². The number of nitrogens with one attached hydrogen (secondary N) is 1. The van der Waals surface area contributed by atoms with Crippen molar-refractivity contribution in [1.29, 1.82) is 0 Å². The highest BCUT2D eigenvalue weighted by Gasteiger charge is 2.09. The highest BCUT2D eigenvalue weighted by atomic mass is 19.1. The minimum absolute atomic E-state index is 0.349. The van der Waals surface area contributed by atoms with Crippen molar-refractivity contribution in [2.45, 2.75) is 33.1 Å². The summed E-state index contributed by atoms with van der Waals surface area (Å²) < 4.78 is 13.9. The molecule has 1 aromatic heterocycles. The van der Waals surface area contributed by atoms with Crippen LogP contribution < -0.4 is 5.32 Å². The van der Waals surface area contributed by atoms with Crippen LogP contribution in [0.2, 0.25) is 0 Å². The van der Waals surface area contributed by atoms with Gasteiger partial charge in [0, 0.05) is 12.1 Å². The van der Waals surface area contributed by atoms with Crippen molar-refractivity contribution >= 4 is 5.95 Å². The molecule has 0 aliphatic carbocycles. The highest BCUT2D eigenvalue weighted by Crippen LogP contribution is 2.22. The summed E-state index contributed by atoms with van der Waals surface area (Å²) in [6.07, 6.45) is 4.34. The van der Waals surface area contributed by atoms with Gasteiger partial charge in [0.25, 0.3) is 0 Å². The molecule has 0 aliphatic heterocycles. The summed E-state index contributed by atoms with van der Waals surface area (Å²) in [6.45, 7) is 4.98. The van der Waals surface area contributed by atoms with E-state index in [1.54, 1.807) is 0 Å². The Morgan fingerprint density at radius 1 is 1.10 bits per heavy atom. The number of benzene rings is 1. The molecule has 0 atom stereocenters. The maximum atomic E-state index is 13.9. The summed E-state index contributed by atoms with van der Waals surface area (Å²) in [5.41, 5.74) is 2.39. The van der Waals surface area contributed by atoms with Gasteiger partial charge in [-0.25, -0.2) is 14.4 Å². The van der Waals surface area contributed by atoms with E-state index in [0.717, 1.165) is 31.4 Å². The molecule has 2 aromatic rings. The van der Waals surface area contributed by atoms with Gasteiger partial charge >= 0.3 is 0 Å². The molecule has 3 nitrogen and oxygen atoms in total. The molecule has 0 saturated heterocycles. The van der Waals surface area contributed by atoms with Crippen molar-refractivity contribution in [3.8, 4) is 11.3 Å². The Morgan fingerprint density at radius 2 is 1.85 bits per heavy atom. The van der Waals surface area contributed by atoms with E-state index < -0.39 is 5.82 Å². The van der Waals surface area contributed by atoms with E-state index >= 15 is 0 Å². The van der Waals surface area contributed by atoms with Crippen molar-refractivity contribution in [3.05, 3.63) is 41.8 Å². The Hall–Kier alpha value is -1.97. The molecule has 1 N–H and O–H groups in total. The lowest BCUT2D eigenvalue weighted by atomic mass is 10.1. The van der Waals surface area contributed by atoms with Crippen LogP contribution in [0.5, 0.6) is 0 Å². The lowest BCUT2D eigenvalue weighted by Crippen LogP contribution is -2.05. The maximum Gasteiger partial charge on any atom is 0.223 e. The van der Waals surface area contributed by atoms with Gasteiger partial charge in [-0.3, -0.25) is 0 Å². The van der Waals surface area contributed by atoms with Gasteiger partial charge < -0.3 is 5.32 Å². The number of aromatic nitrogens is 2. The number of halogens is 1. The minimum Gasteiger partial charge on any atom is -0.354 e. The number of anilines is 1. The summed E-state index contributed by atoms with van der Waals surface area (Å²) in [4.78, 5) is 8.21. The first-order valence-electron chi connectivity index (χ1n) is 7.10. The predicted octanol–water partition coefficient (Wildman–Crippen LogP) is 4.06. The van der Waals surface area contributed by atoms with Gasteiger partial charge in [-0.15, -0.1) is 0 Å². The number of hydrogen-bond acceptors (Lipinski definition) is 3. The quantitative estimate of drug-likeness (QED) is 0.862. The second-order valence-corrected chi connectivity index (χ2v) is 4.76. The zero-order valence-corrected chi connectivity index (χ0v) is 12.0. The van der Waals surface area contributed by atoms with Crippen LogP contribution in [0.3, 0.4) is 0 Å². The van der Waals surface area contributed by atoms with Crippen LogP contribution in [0.4, 0.5) is 10.3 Å². The smallest absolute Gasteiger partial charge is 0.223 e.